The number of fused-ring (bicyclic) bond motifs is 1. The summed E-state index contributed by atoms with van der Waals surface area (Å²) in [6, 6.07) is 3.62. The zero-order valence-corrected chi connectivity index (χ0v) is 15.2. The zero-order chi connectivity index (χ0) is 19.1. The Kier molecular flexibility index (Phi) is 5.09. The topological polar surface area (TPSA) is 59.2 Å². The van der Waals surface area contributed by atoms with Gasteiger partial charge in [-0.3, -0.25) is 4.79 Å². The summed E-state index contributed by atoms with van der Waals surface area (Å²) in [6.07, 6.45) is -3.15. The standard InChI is InChI=1S/C17H16BrF4N3O/c18-10-6-11-13(25-3-1-9(2-4-25)5-15(23)26)8-14(17(20,21)22)24-16(11)12(19)7-10/h6-9H,1-5H2,(H2,23,26). The maximum absolute atomic E-state index is 14.2. The molecule has 1 aliphatic heterocycles. The van der Waals surface area contributed by atoms with E-state index in [0.29, 0.717) is 41.5 Å². The van der Waals surface area contributed by atoms with Gasteiger partial charge in [0.1, 0.15) is 11.2 Å². The second kappa shape index (κ2) is 7.02. The molecule has 1 aromatic heterocycles. The first kappa shape index (κ1) is 18.9. The monoisotopic (exact) mass is 433 g/mol. The van der Waals surface area contributed by atoms with E-state index in [1.165, 1.54) is 0 Å². The number of halogens is 5. The van der Waals surface area contributed by atoms with Gasteiger partial charge in [0.25, 0.3) is 0 Å². The van der Waals surface area contributed by atoms with Gasteiger partial charge < -0.3 is 10.6 Å². The molecule has 0 bridgehead atoms. The number of aromatic nitrogens is 1. The van der Waals surface area contributed by atoms with Gasteiger partial charge in [0, 0.05) is 35.1 Å². The molecule has 0 unspecified atom stereocenters. The molecule has 1 fully saturated rings. The van der Waals surface area contributed by atoms with Crippen molar-refractivity contribution >= 4 is 38.4 Å². The fourth-order valence-corrected chi connectivity index (χ4v) is 3.73. The van der Waals surface area contributed by atoms with Crippen LogP contribution >= 0.6 is 15.9 Å². The first-order chi connectivity index (χ1) is 12.1. The molecule has 0 saturated carbocycles. The number of anilines is 1. The molecule has 0 aliphatic carbocycles. The largest absolute Gasteiger partial charge is 0.433 e. The molecule has 0 radical (unpaired) electrons. The summed E-state index contributed by atoms with van der Waals surface area (Å²) >= 11 is 3.18. The number of nitrogens with zero attached hydrogens (tertiary/aromatic N) is 2. The third-order valence-electron chi connectivity index (χ3n) is 4.55. The van der Waals surface area contributed by atoms with Crippen molar-refractivity contribution in [1.29, 1.82) is 0 Å². The van der Waals surface area contributed by atoms with Crippen molar-refractivity contribution < 1.29 is 22.4 Å². The molecule has 3 rings (SSSR count). The highest BCUT2D eigenvalue weighted by molar-refractivity contribution is 9.10. The van der Waals surface area contributed by atoms with Gasteiger partial charge in [0.05, 0.1) is 0 Å². The van der Waals surface area contributed by atoms with E-state index < -0.39 is 17.7 Å². The van der Waals surface area contributed by atoms with Gasteiger partial charge in [-0.1, -0.05) is 15.9 Å². The lowest BCUT2D eigenvalue weighted by Crippen LogP contribution is -2.35. The molecule has 140 valence electrons. The van der Waals surface area contributed by atoms with Crippen LogP contribution in [0.4, 0.5) is 23.2 Å². The molecular weight excluding hydrogens is 418 g/mol. The minimum absolute atomic E-state index is 0.113. The van der Waals surface area contributed by atoms with Crippen molar-refractivity contribution in [3.63, 3.8) is 0 Å². The Morgan fingerprint density at radius 2 is 1.92 bits per heavy atom. The molecule has 1 aliphatic rings. The summed E-state index contributed by atoms with van der Waals surface area (Å²) in [5.74, 6) is -1.09. The maximum Gasteiger partial charge on any atom is 0.433 e. The Hall–Kier alpha value is -1.90. The first-order valence-electron chi connectivity index (χ1n) is 8.05. The van der Waals surface area contributed by atoms with Gasteiger partial charge in [0.15, 0.2) is 5.82 Å². The van der Waals surface area contributed by atoms with Crippen LogP contribution in [-0.4, -0.2) is 24.0 Å². The minimum atomic E-state index is -4.67. The molecule has 1 amide bonds. The predicted molar refractivity (Wildman–Crippen MR) is 93.2 cm³/mol. The van der Waals surface area contributed by atoms with Crippen LogP contribution in [0.15, 0.2) is 22.7 Å². The zero-order valence-electron chi connectivity index (χ0n) is 13.6. The van der Waals surface area contributed by atoms with E-state index >= 15 is 0 Å². The van der Waals surface area contributed by atoms with E-state index in [1.807, 2.05) is 0 Å². The molecule has 2 N–H and O–H groups in total. The lowest BCUT2D eigenvalue weighted by atomic mass is 9.92. The van der Waals surface area contributed by atoms with Crippen LogP contribution < -0.4 is 10.6 Å². The van der Waals surface area contributed by atoms with Crippen molar-refractivity contribution in [1.82, 2.24) is 4.98 Å². The van der Waals surface area contributed by atoms with Crippen LogP contribution in [-0.2, 0) is 11.0 Å². The number of benzene rings is 1. The van der Waals surface area contributed by atoms with Crippen LogP contribution in [0.1, 0.15) is 25.0 Å². The van der Waals surface area contributed by atoms with Crippen molar-refractivity contribution in [2.24, 2.45) is 11.7 Å². The van der Waals surface area contributed by atoms with Gasteiger partial charge in [0.2, 0.25) is 5.91 Å². The number of pyridine rings is 1. The molecule has 2 aromatic rings. The molecule has 2 heterocycles. The van der Waals surface area contributed by atoms with E-state index in [2.05, 4.69) is 20.9 Å². The van der Waals surface area contributed by atoms with E-state index in [-0.39, 0.29) is 23.8 Å². The smallest absolute Gasteiger partial charge is 0.371 e. The first-order valence-corrected chi connectivity index (χ1v) is 8.84. The molecule has 9 heteroatoms. The van der Waals surface area contributed by atoms with Crippen LogP contribution in [0.2, 0.25) is 0 Å². The summed E-state index contributed by atoms with van der Waals surface area (Å²) in [7, 11) is 0. The summed E-state index contributed by atoms with van der Waals surface area (Å²) < 4.78 is 54.3. The number of carbonyl (C=O) groups excluding carboxylic acids is 1. The molecule has 26 heavy (non-hydrogen) atoms. The van der Waals surface area contributed by atoms with Crippen LogP contribution in [0, 0.1) is 11.7 Å². The number of piperidine rings is 1. The van der Waals surface area contributed by atoms with Gasteiger partial charge >= 0.3 is 6.18 Å². The number of amides is 1. The van der Waals surface area contributed by atoms with Gasteiger partial charge in [-0.15, -0.1) is 0 Å². The van der Waals surface area contributed by atoms with Crippen LogP contribution in [0.5, 0.6) is 0 Å². The maximum atomic E-state index is 14.2. The van der Waals surface area contributed by atoms with E-state index in [9.17, 15) is 22.4 Å². The summed E-state index contributed by atoms with van der Waals surface area (Å²) in [5, 5.41) is 0.318. The Bertz CT molecular complexity index is 848. The van der Waals surface area contributed by atoms with Crippen molar-refractivity contribution in [3.8, 4) is 0 Å². The fraction of sp³-hybridized carbons (Fsp3) is 0.412. The minimum Gasteiger partial charge on any atom is -0.371 e. The molecular formula is C17H16BrF4N3O. The Balaban J connectivity index is 2.03. The second-order valence-corrected chi connectivity index (χ2v) is 7.32. The van der Waals surface area contributed by atoms with Gasteiger partial charge in [-0.05, 0) is 37.0 Å². The van der Waals surface area contributed by atoms with Gasteiger partial charge in [-0.2, -0.15) is 13.2 Å². The lowest BCUT2D eigenvalue weighted by molar-refractivity contribution is -0.141. The Labute approximate surface area is 155 Å². The second-order valence-electron chi connectivity index (χ2n) is 6.41. The van der Waals surface area contributed by atoms with Gasteiger partial charge in [-0.25, -0.2) is 9.37 Å². The van der Waals surface area contributed by atoms with E-state index in [4.69, 9.17) is 5.73 Å². The van der Waals surface area contributed by atoms with Crippen molar-refractivity contribution in [2.75, 3.05) is 18.0 Å². The molecule has 1 aromatic carbocycles. The number of hydrogen-bond acceptors (Lipinski definition) is 3. The average molecular weight is 434 g/mol. The Morgan fingerprint density at radius 3 is 2.50 bits per heavy atom. The van der Waals surface area contributed by atoms with E-state index in [1.54, 1.807) is 11.0 Å². The molecule has 1 saturated heterocycles. The quantitative estimate of drug-likeness (QED) is 0.736. The molecule has 0 spiro atoms. The third-order valence-corrected chi connectivity index (χ3v) is 5.00. The highest BCUT2D eigenvalue weighted by atomic mass is 79.9. The van der Waals surface area contributed by atoms with Crippen molar-refractivity contribution in [2.45, 2.75) is 25.4 Å². The highest BCUT2D eigenvalue weighted by Gasteiger charge is 2.35. The number of nitrogens with two attached hydrogens (primary N) is 1. The number of primary amides is 1. The molecule has 4 nitrogen and oxygen atoms in total. The van der Waals surface area contributed by atoms with E-state index in [0.717, 1.165) is 12.1 Å². The summed E-state index contributed by atoms with van der Waals surface area (Å²) in [4.78, 5) is 16.3. The number of alkyl halides is 3. The number of rotatable bonds is 3. The number of hydrogen-bond donors (Lipinski definition) is 1. The average Bonchev–Trinajstić information content (AvgIpc) is 2.53. The van der Waals surface area contributed by atoms with Crippen LogP contribution in [0.3, 0.4) is 0 Å². The SMILES string of the molecule is NC(=O)CC1CCN(c2cc(C(F)(F)F)nc3c(F)cc(Br)cc23)CC1. The molecule has 0 atom stereocenters. The van der Waals surface area contributed by atoms with Crippen LogP contribution in [0.25, 0.3) is 10.9 Å². The predicted octanol–water partition coefficient (Wildman–Crippen LogP) is 4.25. The fourth-order valence-electron chi connectivity index (χ4n) is 3.30. The van der Waals surface area contributed by atoms with Crippen molar-refractivity contribution in [3.05, 3.63) is 34.2 Å². The third kappa shape index (κ3) is 3.92. The summed E-state index contributed by atoms with van der Waals surface area (Å²) in [6.45, 7) is 0.922. The summed E-state index contributed by atoms with van der Waals surface area (Å²) in [5.41, 5.74) is 4.07. The highest BCUT2D eigenvalue weighted by Crippen LogP contribution is 2.38. The normalized spacial score (nSPS) is 16.3. The Morgan fingerprint density at radius 1 is 1.27 bits per heavy atom. The lowest BCUT2D eigenvalue weighted by Gasteiger charge is -2.34. The number of carbonyl (C=O) groups is 1.